The van der Waals surface area contributed by atoms with Crippen molar-refractivity contribution in [1.29, 1.82) is 0 Å². The number of hydrogen-bond acceptors (Lipinski definition) is 3. The third-order valence-corrected chi connectivity index (χ3v) is 3.69. The number of hydrogen-bond donors (Lipinski definition) is 3. The highest BCUT2D eigenvalue weighted by molar-refractivity contribution is 5.83. The van der Waals surface area contributed by atoms with Gasteiger partial charge in [0.1, 0.15) is 0 Å². The highest BCUT2D eigenvalue weighted by Gasteiger charge is 2.39. The van der Waals surface area contributed by atoms with E-state index in [0.29, 0.717) is 13.1 Å². The van der Waals surface area contributed by atoms with Crippen LogP contribution in [0, 0.1) is 11.3 Å². The van der Waals surface area contributed by atoms with Crippen molar-refractivity contribution >= 4 is 17.9 Å². The zero-order valence-corrected chi connectivity index (χ0v) is 11.3. The molecule has 0 aromatic carbocycles. The Morgan fingerprint density at radius 1 is 1.42 bits per heavy atom. The van der Waals surface area contributed by atoms with Gasteiger partial charge in [0.05, 0.1) is 12.0 Å². The fraction of sp³-hybridized carbons (Fsp3) is 0.750. The second-order valence-electron chi connectivity index (χ2n) is 5.44. The molecule has 1 heterocycles. The Morgan fingerprint density at radius 3 is 2.58 bits per heavy atom. The lowest BCUT2D eigenvalue weighted by Gasteiger charge is -2.39. The first-order valence-electron chi connectivity index (χ1n) is 6.29. The van der Waals surface area contributed by atoms with Crippen LogP contribution in [0.3, 0.4) is 0 Å². The van der Waals surface area contributed by atoms with E-state index in [1.54, 1.807) is 18.7 Å². The molecule has 1 aliphatic rings. The second kappa shape index (κ2) is 5.90. The maximum Gasteiger partial charge on any atom is 0.317 e. The molecular weight excluding hydrogens is 250 g/mol. The molecule has 3 amide bonds. The number of primary amides is 1. The quantitative estimate of drug-likeness (QED) is 0.668. The molecule has 0 radical (unpaired) electrons. The maximum atomic E-state index is 11.8. The van der Waals surface area contributed by atoms with Crippen molar-refractivity contribution in [2.75, 3.05) is 19.6 Å². The SMILES string of the molecule is CC(C)(C(=O)O)C1CCCN(C(=O)NCC(N)=O)C1. The summed E-state index contributed by atoms with van der Waals surface area (Å²) in [7, 11) is 0. The van der Waals surface area contributed by atoms with E-state index >= 15 is 0 Å². The van der Waals surface area contributed by atoms with Crippen molar-refractivity contribution in [2.45, 2.75) is 26.7 Å². The zero-order chi connectivity index (χ0) is 14.6. The lowest BCUT2D eigenvalue weighted by Crippen LogP contribution is -2.51. The van der Waals surface area contributed by atoms with Crippen LogP contribution in [0.1, 0.15) is 26.7 Å². The van der Waals surface area contributed by atoms with Gasteiger partial charge in [-0.05, 0) is 32.6 Å². The van der Waals surface area contributed by atoms with Gasteiger partial charge in [-0.2, -0.15) is 0 Å². The Balaban J connectivity index is 2.62. The normalized spacial score (nSPS) is 19.9. The summed E-state index contributed by atoms with van der Waals surface area (Å²) in [5.41, 5.74) is 4.08. The molecule has 7 heteroatoms. The summed E-state index contributed by atoms with van der Waals surface area (Å²) in [6.45, 7) is 4.08. The molecule has 4 N–H and O–H groups in total. The predicted molar refractivity (Wildman–Crippen MR) is 68.3 cm³/mol. The van der Waals surface area contributed by atoms with Crippen LogP contribution < -0.4 is 11.1 Å². The minimum Gasteiger partial charge on any atom is -0.481 e. The van der Waals surface area contributed by atoms with Crippen LogP contribution in [0.15, 0.2) is 0 Å². The first-order chi connectivity index (χ1) is 8.75. The number of piperidine rings is 1. The van der Waals surface area contributed by atoms with Gasteiger partial charge >= 0.3 is 12.0 Å². The third-order valence-electron chi connectivity index (χ3n) is 3.69. The van der Waals surface area contributed by atoms with Crippen molar-refractivity contribution in [3.63, 3.8) is 0 Å². The Bertz CT molecular complexity index is 381. The van der Waals surface area contributed by atoms with E-state index in [1.807, 2.05) is 0 Å². The van der Waals surface area contributed by atoms with Crippen molar-refractivity contribution in [3.05, 3.63) is 0 Å². The van der Waals surface area contributed by atoms with Gasteiger partial charge in [0.2, 0.25) is 5.91 Å². The van der Waals surface area contributed by atoms with E-state index in [1.165, 1.54) is 0 Å². The lowest BCUT2D eigenvalue weighted by atomic mass is 9.74. The standard InChI is InChI=1S/C12H21N3O4/c1-12(2,10(17)18)8-4-3-5-15(7-8)11(19)14-6-9(13)16/h8H,3-7H2,1-2H3,(H2,13,16)(H,14,19)(H,17,18). The largest absolute Gasteiger partial charge is 0.481 e. The molecule has 0 aliphatic carbocycles. The molecule has 0 aromatic heterocycles. The molecule has 1 fully saturated rings. The van der Waals surface area contributed by atoms with Gasteiger partial charge in [-0.1, -0.05) is 0 Å². The van der Waals surface area contributed by atoms with Crippen LogP contribution in [-0.2, 0) is 9.59 Å². The second-order valence-corrected chi connectivity index (χ2v) is 5.44. The fourth-order valence-electron chi connectivity index (χ4n) is 2.20. The van der Waals surface area contributed by atoms with Gasteiger partial charge in [-0.15, -0.1) is 0 Å². The summed E-state index contributed by atoms with van der Waals surface area (Å²) in [6, 6.07) is -0.371. The first-order valence-corrected chi connectivity index (χ1v) is 6.29. The zero-order valence-electron chi connectivity index (χ0n) is 11.3. The molecule has 0 spiro atoms. The molecule has 19 heavy (non-hydrogen) atoms. The monoisotopic (exact) mass is 271 g/mol. The molecule has 1 atom stereocenters. The van der Waals surface area contributed by atoms with Gasteiger partial charge < -0.3 is 21.1 Å². The lowest BCUT2D eigenvalue weighted by molar-refractivity contribution is -0.151. The number of aliphatic carboxylic acids is 1. The van der Waals surface area contributed by atoms with Crippen LogP contribution in [-0.4, -0.2) is 47.5 Å². The number of urea groups is 1. The van der Waals surface area contributed by atoms with Crippen molar-refractivity contribution in [2.24, 2.45) is 17.1 Å². The minimum atomic E-state index is -0.872. The molecule has 1 unspecified atom stereocenters. The van der Waals surface area contributed by atoms with Gasteiger partial charge in [-0.25, -0.2) is 4.79 Å². The van der Waals surface area contributed by atoms with E-state index in [-0.39, 0.29) is 18.5 Å². The Hall–Kier alpha value is -1.79. The van der Waals surface area contributed by atoms with E-state index in [0.717, 1.165) is 12.8 Å². The topological polar surface area (TPSA) is 113 Å². The van der Waals surface area contributed by atoms with Crippen molar-refractivity contribution in [3.8, 4) is 0 Å². The molecule has 108 valence electrons. The van der Waals surface area contributed by atoms with Crippen LogP contribution in [0.5, 0.6) is 0 Å². The van der Waals surface area contributed by atoms with Crippen LogP contribution >= 0.6 is 0 Å². The van der Waals surface area contributed by atoms with Gasteiger partial charge in [-0.3, -0.25) is 9.59 Å². The number of rotatable bonds is 4. The average molecular weight is 271 g/mol. The van der Waals surface area contributed by atoms with E-state index in [9.17, 15) is 19.5 Å². The van der Waals surface area contributed by atoms with Crippen molar-refractivity contribution in [1.82, 2.24) is 10.2 Å². The maximum absolute atomic E-state index is 11.8. The average Bonchev–Trinajstić information content (AvgIpc) is 2.35. The van der Waals surface area contributed by atoms with E-state index in [2.05, 4.69) is 5.32 Å². The molecule has 0 saturated carbocycles. The molecule has 1 rings (SSSR count). The Morgan fingerprint density at radius 2 is 2.05 bits per heavy atom. The number of carbonyl (C=O) groups is 3. The molecule has 1 aliphatic heterocycles. The van der Waals surface area contributed by atoms with Gasteiger partial charge in [0.15, 0.2) is 0 Å². The number of nitrogens with one attached hydrogen (secondary N) is 1. The molecule has 0 aromatic rings. The summed E-state index contributed by atoms with van der Waals surface area (Å²) in [5, 5.41) is 11.6. The van der Waals surface area contributed by atoms with E-state index < -0.39 is 17.3 Å². The summed E-state index contributed by atoms with van der Waals surface area (Å²) < 4.78 is 0. The number of carbonyl (C=O) groups excluding carboxylic acids is 2. The number of amides is 3. The molecular formula is C12H21N3O4. The number of likely N-dealkylation sites (tertiary alicyclic amines) is 1. The number of carboxylic acids is 1. The van der Waals surface area contributed by atoms with Crippen LogP contribution in [0.25, 0.3) is 0 Å². The highest BCUT2D eigenvalue weighted by atomic mass is 16.4. The Labute approximate surface area is 112 Å². The number of nitrogens with two attached hydrogens (primary N) is 1. The predicted octanol–water partition coefficient (Wildman–Crippen LogP) is 0.00410. The van der Waals surface area contributed by atoms with Crippen LogP contribution in [0.2, 0.25) is 0 Å². The third kappa shape index (κ3) is 3.84. The molecule has 0 bridgehead atoms. The highest BCUT2D eigenvalue weighted by Crippen LogP contribution is 2.34. The summed E-state index contributed by atoms with van der Waals surface area (Å²) >= 11 is 0. The summed E-state index contributed by atoms with van der Waals surface area (Å²) in [6.07, 6.45) is 1.53. The van der Waals surface area contributed by atoms with Crippen LogP contribution in [0.4, 0.5) is 4.79 Å². The molecule has 7 nitrogen and oxygen atoms in total. The van der Waals surface area contributed by atoms with Crippen molar-refractivity contribution < 1.29 is 19.5 Å². The summed E-state index contributed by atoms with van der Waals surface area (Å²) in [5.74, 6) is -1.57. The smallest absolute Gasteiger partial charge is 0.317 e. The fourth-order valence-corrected chi connectivity index (χ4v) is 2.20. The number of nitrogens with zero attached hydrogens (tertiary/aromatic N) is 1. The molecule has 1 saturated heterocycles. The van der Waals surface area contributed by atoms with E-state index in [4.69, 9.17) is 5.73 Å². The first kappa shape index (κ1) is 15.3. The Kier molecular flexibility index (Phi) is 4.74. The van der Waals surface area contributed by atoms with Gasteiger partial charge in [0.25, 0.3) is 0 Å². The van der Waals surface area contributed by atoms with Gasteiger partial charge in [0, 0.05) is 13.1 Å². The number of carboxylic acid groups (broad SMARTS) is 1. The minimum absolute atomic E-state index is 0.0990. The summed E-state index contributed by atoms with van der Waals surface area (Å²) in [4.78, 5) is 35.2.